The molecular weight excluding hydrogens is 440 g/mol. The van der Waals surface area contributed by atoms with Gasteiger partial charge in [0.2, 0.25) is 15.9 Å². The second-order valence-electron chi connectivity index (χ2n) is 6.78. The van der Waals surface area contributed by atoms with E-state index in [1.807, 2.05) is 19.1 Å². The molecule has 28 heavy (non-hydrogen) atoms. The fraction of sp³-hybridized carbons (Fsp3) is 0.381. The third kappa shape index (κ3) is 7.28. The summed E-state index contributed by atoms with van der Waals surface area (Å²) in [5, 5.41) is 2.89. The molecule has 2 rings (SSSR count). The minimum absolute atomic E-state index is 0.0625. The van der Waals surface area contributed by atoms with Crippen LogP contribution in [0.1, 0.15) is 43.7 Å². The molecule has 0 spiro atoms. The number of carbonyl (C=O) groups excluding carboxylic acids is 1. The Morgan fingerprint density at radius 1 is 1.04 bits per heavy atom. The van der Waals surface area contributed by atoms with Gasteiger partial charge in [0.25, 0.3) is 0 Å². The van der Waals surface area contributed by atoms with Crippen LogP contribution < -0.4 is 10.0 Å². The highest BCUT2D eigenvalue weighted by atomic mass is 79.9. The van der Waals surface area contributed by atoms with Gasteiger partial charge in [0.1, 0.15) is 0 Å². The second-order valence-corrected chi connectivity index (χ2v) is 9.54. The third-order valence-electron chi connectivity index (χ3n) is 4.38. The van der Waals surface area contributed by atoms with Crippen molar-refractivity contribution in [3.05, 3.63) is 58.1 Å². The molecular formula is C21H27BrN2O3S. The molecule has 0 aliphatic carbocycles. The first kappa shape index (κ1) is 22.4. The lowest BCUT2D eigenvalue weighted by Crippen LogP contribution is -2.18. The number of unbranched alkanes of at least 4 members (excludes halogenated alkanes) is 1. The number of halogens is 1. The van der Waals surface area contributed by atoms with E-state index in [-0.39, 0.29) is 11.7 Å². The topological polar surface area (TPSA) is 75.3 Å². The van der Waals surface area contributed by atoms with Gasteiger partial charge in [-0.1, -0.05) is 41.1 Å². The summed E-state index contributed by atoms with van der Waals surface area (Å²) in [6.07, 6.45) is 3.65. The Labute approximate surface area is 176 Å². The molecule has 0 aromatic heterocycles. The van der Waals surface area contributed by atoms with Gasteiger partial charge >= 0.3 is 0 Å². The van der Waals surface area contributed by atoms with Gasteiger partial charge in [0.15, 0.2) is 0 Å². The van der Waals surface area contributed by atoms with E-state index in [0.29, 0.717) is 29.8 Å². The van der Waals surface area contributed by atoms with Crippen LogP contribution in [-0.2, 0) is 21.2 Å². The maximum absolute atomic E-state index is 12.3. The van der Waals surface area contributed by atoms with Crippen molar-refractivity contribution >= 4 is 43.2 Å². The molecule has 2 aromatic rings. The van der Waals surface area contributed by atoms with E-state index in [4.69, 9.17) is 0 Å². The molecule has 0 fully saturated rings. The van der Waals surface area contributed by atoms with Crippen molar-refractivity contribution in [2.45, 2.75) is 46.0 Å². The number of hydrogen-bond donors (Lipinski definition) is 2. The molecule has 0 atom stereocenters. The van der Waals surface area contributed by atoms with Gasteiger partial charge in [-0.25, -0.2) is 8.42 Å². The van der Waals surface area contributed by atoms with E-state index >= 15 is 0 Å². The summed E-state index contributed by atoms with van der Waals surface area (Å²) in [7, 11) is -3.36. The normalized spacial score (nSPS) is 11.2. The zero-order valence-electron chi connectivity index (χ0n) is 16.3. The summed E-state index contributed by atoms with van der Waals surface area (Å²) in [5.41, 5.74) is 3.10. The van der Waals surface area contributed by atoms with Crippen molar-refractivity contribution < 1.29 is 13.2 Å². The Morgan fingerprint density at radius 3 is 2.39 bits per heavy atom. The lowest BCUT2D eigenvalue weighted by atomic mass is 10.1. The van der Waals surface area contributed by atoms with Gasteiger partial charge in [-0.15, -0.1) is 0 Å². The first-order valence-corrected chi connectivity index (χ1v) is 11.9. The molecule has 152 valence electrons. The Kier molecular flexibility index (Phi) is 8.51. The maximum Gasteiger partial charge on any atom is 0.232 e. The number of rotatable bonds is 10. The smallest absolute Gasteiger partial charge is 0.232 e. The fourth-order valence-corrected chi connectivity index (χ4v) is 4.31. The van der Waals surface area contributed by atoms with Crippen LogP contribution in [0.15, 0.2) is 46.9 Å². The SMILES string of the molecule is CCCS(=O)(=O)Nc1cccc(NC(=O)CCCCc2ccc(Br)cc2)c1C. The third-order valence-corrected chi connectivity index (χ3v) is 6.38. The quantitative estimate of drug-likeness (QED) is 0.468. The van der Waals surface area contributed by atoms with Crippen molar-refractivity contribution in [2.24, 2.45) is 0 Å². The Balaban J connectivity index is 1.86. The van der Waals surface area contributed by atoms with Crippen molar-refractivity contribution in [1.29, 1.82) is 0 Å². The van der Waals surface area contributed by atoms with Crippen LogP contribution in [0.3, 0.4) is 0 Å². The number of amides is 1. The van der Waals surface area contributed by atoms with E-state index < -0.39 is 10.0 Å². The zero-order chi connectivity index (χ0) is 20.6. The van der Waals surface area contributed by atoms with Crippen LogP contribution in [0, 0.1) is 6.92 Å². The molecule has 0 saturated carbocycles. The number of nitrogens with one attached hydrogen (secondary N) is 2. The van der Waals surface area contributed by atoms with Crippen molar-refractivity contribution in [1.82, 2.24) is 0 Å². The molecule has 0 saturated heterocycles. The molecule has 0 heterocycles. The van der Waals surface area contributed by atoms with E-state index in [1.165, 1.54) is 5.56 Å². The predicted molar refractivity (Wildman–Crippen MR) is 119 cm³/mol. The Hall–Kier alpha value is -1.86. The first-order chi connectivity index (χ1) is 13.3. The standard InChI is InChI=1S/C21H27BrN2O3S/c1-3-15-28(26,27)24-20-9-6-8-19(16(20)2)23-21(25)10-5-4-7-17-11-13-18(22)14-12-17/h6,8-9,11-14,24H,3-5,7,10,15H2,1-2H3,(H,23,25). The largest absolute Gasteiger partial charge is 0.326 e. The molecule has 0 aliphatic rings. The second kappa shape index (κ2) is 10.6. The average molecular weight is 467 g/mol. The summed E-state index contributed by atoms with van der Waals surface area (Å²) in [4.78, 5) is 12.3. The molecule has 7 heteroatoms. The highest BCUT2D eigenvalue weighted by Gasteiger charge is 2.13. The van der Waals surface area contributed by atoms with Gasteiger partial charge in [-0.3, -0.25) is 9.52 Å². The zero-order valence-corrected chi connectivity index (χ0v) is 18.7. The molecule has 2 N–H and O–H groups in total. The summed E-state index contributed by atoms with van der Waals surface area (Å²) < 4.78 is 27.6. The lowest BCUT2D eigenvalue weighted by molar-refractivity contribution is -0.116. The molecule has 0 unspecified atom stereocenters. The van der Waals surface area contributed by atoms with Crippen LogP contribution in [0.25, 0.3) is 0 Å². The lowest BCUT2D eigenvalue weighted by Gasteiger charge is -2.14. The monoisotopic (exact) mass is 466 g/mol. The number of anilines is 2. The van der Waals surface area contributed by atoms with Crippen LogP contribution in [0.5, 0.6) is 0 Å². The summed E-state index contributed by atoms with van der Waals surface area (Å²) in [6, 6.07) is 13.4. The van der Waals surface area contributed by atoms with Gasteiger partial charge < -0.3 is 5.32 Å². The Bertz CT molecular complexity index is 896. The fourth-order valence-electron chi connectivity index (χ4n) is 2.85. The Morgan fingerprint density at radius 2 is 1.71 bits per heavy atom. The van der Waals surface area contributed by atoms with E-state index in [1.54, 1.807) is 25.1 Å². The van der Waals surface area contributed by atoms with Gasteiger partial charge in [-0.2, -0.15) is 0 Å². The number of aryl methyl sites for hydroxylation is 1. The minimum atomic E-state index is -3.36. The first-order valence-electron chi connectivity index (χ1n) is 9.45. The summed E-state index contributed by atoms with van der Waals surface area (Å²) >= 11 is 3.42. The molecule has 5 nitrogen and oxygen atoms in total. The molecule has 1 amide bonds. The van der Waals surface area contributed by atoms with Gasteiger partial charge in [0.05, 0.1) is 11.4 Å². The highest BCUT2D eigenvalue weighted by Crippen LogP contribution is 2.24. The van der Waals surface area contributed by atoms with Gasteiger partial charge in [-0.05, 0) is 68.0 Å². The number of benzene rings is 2. The summed E-state index contributed by atoms with van der Waals surface area (Å²) in [6.45, 7) is 3.62. The van der Waals surface area contributed by atoms with Crippen molar-refractivity contribution in [3.8, 4) is 0 Å². The van der Waals surface area contributed by atoms with Crippen LogP contribution >= 0.6 is 15.9 Å². The molecule has 0 bridgehead atoms. The highest BCUT2D eigenvalue weighted by molar-refractivity contribution is 9.10. The summed E-state index contributed by atoms with van der Waals surface area (Å²) in [5.74, 6) is 0.00830. The maximum atomic E-state index is 12.3. The van der Waals surface area contributed by atoms with E-state index in [2.05, 4.69) is 38.1 Å². The molecule has 0 aliphatic heterocycles. The van der Waals surface area contributed by atoms with Crippen molar-refractivity contribution in [2.75, 3.05) is 15.8 Å². The van der Waals surface area contributed by atoms with E-state index in [9.17, 15) is 13.2 Å². The number of sulfonamides is 1. The van der Waals surface area contributed by atoms with Crippen LogP contribution in [0.2, 0.25) is 0 Å². The van der Waals surface area contributed by atoms with Crippen LogP contribution in [0.4, 0.5) is 11.4 Å². The number of carbonyl (C=O) groups is 1. The van der Waals surface area contributed by atoms with Gasteiger partial charge in [0, 0.05) is 16.6 Å². The minimum Gasteiger partial charge on any atom is -0.326 e. The average Bonchev–Trinajstić information content (AvgIpc) is 2.63. The van der Waals surface area contributed by atoms with Crippen LogP contribution in [-0.4, -0.2) is 20.1 Å². The van der Waals surface area contributed by atoms with E-state index in [0.717, 1.165) is 23.7 Å². The predicted octanol–water partition coefficient (Wildman–Crippen LogP) is 5.26. The molecule has 2 aromatic carbocycles. The van der Waals surface area contributed by atoms with Crippen molar-refractivity contribution in [3.63, 3.8) is 0 Å². The number of hydrogen-bond acceptors (Lipinski definition) is 3. The molecule has 0 radical (unpaired) electrons.